The van der Waals surface area contributed by atoms with Gasteiger partial charge in [0.05, 0.1) is 23.8 Å². The Bertz CT molecular complexity index is 989. The van der Waals surface area contributed by atoms with Gasteiger partial charge >= 0.3 is 6.09 Å². The highest BCUT2D eigenvalue weighted by Crippen LogP contribution is 2.26. The largest absolute Gasteiger partial charge is 0.442 e. The molecule has 1 N–H and O–H groups in total. The van der Waals surface area contributed by atoms with Crippen LogP contribution in [0.1, 0.15) is 24.4 Å². The highest BCUT2D eigenvalue weighted by molar-refractivity contribution is 7.15. The second-order valence-corrected chi connectivity index (χ2v) is 7.64. The maximum atomic E-state index is 12.1. The molecule has 0 saturated carbocycles. The Balaban J connectivity index is 0.00000132. The summed E-state index contributed by atoms with van der Waals surface area (Å²) >= 11 is 1.45. The molecule has 4 rings (SSSR count). The number of pyridine rings is 2. The molecule has 0 bridgehead atoms. The van der Waals surface area contributed by atoms with Gasteiger partial charge < -0.3 is 19.7 Å². The normalized spacial score (nSPS) is 13.2. The number of rotatable bonds is 5. The Labute approximate surface area is 186 Å². The van der Waals surface area contributed by atoms with Crippen LogP contribution in [0.25, 0.3) is 10.6 Å². The van der Waals surface area contributed by atoms with Crippen molar-refractivity contribution in [3.05, 3.63) is 53.3 Å². The maximum Gasteiger partial charge on any atom is 0.410 e. The summed E-state index contributed by atoms with van der Waals surface area (Å²) in [5.41, 5.74) is 1.92. The van der Waals surface area contributed by atoms with Crippen molar-refractivity contribution in [3.8, 4) is 10.6 Å². The van der Waals surface area contributed by atoms with Gasteiger partial charge in [0.15, 0.2) is 0 Å². The average molecular weight is 442 g/mol. The summed E-state index contributed by atoms with van der Waals surface area (Å²) in [5.74, 6) is 1.45. The first-order chi connectivity index (χ1) is 15.2. The molecule has 1 saturated heterocycles. The molecular weight excluding hydrogens is 414 g/mol. The van der Waals surface area contributed by atoms with Gasteiger partial charge in [-0.3, -0.25) is 0 Å². The number of aryl methyl sites for hydroxylation is 1. The molecule has 1 amide bonds. The summed E-state index contributed by atoms with van der Waals surface area (Å²) in [6.07, 6.45) is 3.18. The van der Waals surface area contributed by atoms with E-state index in [-0.39, 0.29) is 12.7 Å². The second-order valence-electron chi connectivity index (χ2n) is 6.52. The molecule has 1 aliphatic heterocycles. The van der Waals surface area contributed by atoms with Gasteiger partial charge in [-0.1, -0.05) is 19.9 Å². The number of hydrogen-bond donors (Lipinski definition) is 1. The number of amides is 1. The smallest absolute Gasteiger partial charge is 0.410 e. The van der Waals surface area contributed by atoms with Crippen molar-refractivity contribution in [2.45, 2.75) is 27.4 Å². The standard InChI is InChI=1S/C20H21N5O3S.C2H6/c1-14-5-6-21-18(11-14)24-17-4-2-3-15(23-17)16-12-22-19(29-16)13-28-20(26)25-7-9-27-10-8-25;1-2/h2-6,11-12H,7-10,13H2,1H3,(H,21,23,24);1-2H3. The fourth-order valence-corrected chi connectivity index (χ4v) is 3.63. The molecule has 1 fully saturated rings. The number of morpholine rings is 1. The summed E-state index contributed by atoms with van der Waals surface area (Å²) in [6.45, 7) is 8.37. The van der Waals surface area contributed by atoms with E-state index < -0.39 is 0 Å². The number of nitrogens with one attached hydrogen (secondary N) is 1. The van der Waals surface area contributed by atoms with E-state index in [4.69, 9.17) is 9.47 Å². The number of hydrogen-bond acceptors (Lipinski definition) is 8. The van der Waals surface area contributed by atoms with Crippen LogP contribution in [0.5, 0.6) is 0 Å². The second kappa shape index (κ2) is 11.4. The first kappa shape index (κ1) is 22.6. The van der Waals surface area contributed by atoms with Gasteiger partial charge in [0.25, 0.3) is 0 Å². The molecule has 0 aromatic carbocycles. The van der Waals surface area contributed by atoms with Crippen LogP contribution in [0.3, 0.4) is 0 Å². The predicted molar refractivity (Wildman–Crippen MR) is 122 cm³/mol. The third-order valence-electron chi connectivity index (χ3n) is 4.32. The van der Waals surface area contributed by atoms with Crippen LogP contribution in [0.15, 0.2) is 42.7 Å². The summed E-state index contributed by atoms with van der Waals surface area (Å²) in [5, 5.41) is 3.94. The lowest BCUT2D eigenvalue weighted by Gasteiger charge is -2.25. The number of carbonyl (C=O) groups excluding carboxylic acids is 1. The van der Waals surface area contributed by atoms with Crippen LogP contribution in [-0.4, -0.2) is 52.2 Å². The van der Waals surface area contributed by atoms with Crippen LogP contribution in [-0.2, 0) is 16.1 Å². The Kier molecular flexibility index (Phi) is 8.31. The summed E-state index contributed by atoms with van der Waals surface area (Å²) in [4.78, 5) is 27.9. The van der Waals surface area contributed by atoms with Crippen LogP contribution in [0, 0.1) is 6.92 Å². The monoisotopic (exact) mass is 441 g/mol. The van der Waals surface area contributed by atoms with E-state index in [9.17, 15) is 4.79 Å². The minimum atomic E-state index is -0.333. The number of carbonyl (C=O) groups is 1. The molecule has 1 aliphatic rings. The van der Waals surface area contributed by atoms with Gasteiger partial charge in [-0.15, -0.1) is 11.3 Å². The lowest BCUT2D eigenvalue weighted by molar-refractivity contribution is 0.0249. The number of thiazole rings is 1. The van der Waals surface area contributed by atoms with Gasteiger partial charge in [0.1, 0.15) is 23.3 Å². The van der Waals surface area contributed by atoms with Gasteiger partial charge in [0, 0.05) is 25.5 Å². The summed E-state index contributed by atoms with van der Waals surface area (Å²) < 4.78 is 10.6. The van der Waals surface area contributed by atoms with E-state index >= 15 is 0 Å². The first-order valence-electron chi connectivity index (χ1n) is 10.3. The highest BCUT2D eigenvalue weighted by atomic mass is 32.1. The Morgan fingerprint density at radius 2 is 2.00 bits per heavy atom. The van der Waals surface area contributed by atoms with Crippen molar-refractivity contribution >= 4 is 29.1 Å². The molecule has 3 aromatic heterocycles. The first-order valence-corrected chi connectivity index (χ1v) is 11.1. The minimum absolute atomic E-state index is 0.145. The van der Waals surface area contributed by atoms with Gasteiger partial charge in [-0.05, 0) is 36.8 Å². The van der Waals surface area contributed by atoms with Crippen LogP contribution in [0.2, 0.25) is 0 Å². The quantitative estimate of drug-likeness (QED) is 0.616. The van der Waals surface area contributed by atoms with E-state index in [0.717, 1.165) is 27.0 Å². The lowest BCUT2D eigenvalue weighted by atomic mass is 10.3. The van der Waals surface area contributed by atoms with Crippen molar-refractivity contribution in [2.75, 3.05) is 31.6 Å². The third-order valence-corrected chi connectivity index (χ3v) is 5.31. The van der Waals surface area contributed by atoms with Crippen LogP contribution >= 0.6 is 11.3 Å². The molecule has 3 aromatic rings. The molecule has 9 heteroatoms. The lowest BCUT2D eigenvalue weighted by Crippen LogP contribution is -2.40. The third kappa shape index (κ3) is 6.47. The molecule has 8 nitrogen and oxygen atoms in total. The topological polar surface area (TPSA) is 89.5 Å². The van der Waals surface area contributed by atoms with Crippen molar-refractivity contribution in [3.63, 3.8) is 0 Å². The summed E-state index contributed by atoms with van der Waals surface area (Å²) in [7, 11) is 0. The van der Waals surface area contributed by atoms with E-state index in [2.05, 4.69) is 20.3 Å². The molecule has 0 aliphatic carbocycles. The Hall–Kier alpha value is -3.04. The Morgan fingerprint density at radius 1 is 1.19 bits per heavy atom. The van der Waals surface area contributed by atoms with E-state index in [1.54, 1.807) is 17.3 Å². The molecule has 164 valence electrons. The SMILES string of the molecule is CC.Cc1ccnc(Nc2cccc(-c3cnc(COC(=O)N4CCOCC4)s3)n2)c1. The molecule has 0 unspecified atom stereocenters. The Morgan fingerprint density at radius 3 is 2.77 bits per heavy atom. The molecule has 31 heavy (non-hydrogen) atoms. The summed E-state index contributed by atoms with van der Waals surface area (Å²) in [6, 6.07) is 9.64. The highest BCUT2D eigenvalue weighted by Gasteiger charge is 2.18. The molecule has 0 atom stereocenters. The fraction of sp³-hybridized carbons (Fsp3) is 0.364. The fourth-order valence-electron chi connectivity index (χ4n) is 2.83. The zero-order chi connectivity index (χ0) is 22.1. The molecular formula is C22H27N5O3S. The number of anilines is 2. The maximum absolute atomic E-state index is 12.1. The number of nitrogens with zero attached hydrogens (tertiary/aromatic N) is 4. The van der Waals surface area contributed by atoms with Crippen molar-refractivity contribution in [2.24, 2.45) is 0 Å². The molecule has 0 spiro atoms. The van der Waals surface area contributed by atoms with Crippen LogP contribution in [0.4, 0.5) is 16.4 Å². The van der Waals surface area contributed by atoms with E-state index in [1.807, 2.05) is 51.1 Å². The van der Waals surface area contributed by atoms with Gasteiger partial charge in [-0.2, -0.15) is 0 Å². The van der Waals surface area contributed by atoms with Crippen molar-refractivity contribution < 1.29 is 14.3 Å². The van der Waals surface area contributed by atoms with E-state index in [0.29, 0.717) is 32.1 Å². The molecule has 4 heterocycles. The number of aromatic nitrogens is 3. The zero-order valence-electron chi connectivity index (χ0n) is 18.0. The number of ether oxygens (including phenoxy) is 2. The van der Waals surface area contributed by atoms with Gasteiger partial charge in [0.2, 0.25) is 0 Å². The van der Waals surface area contributed by atoms with Crippen LogP contribution < -0.4 is 5.32 Å². The van der Waals surface area contributed by atoms with Crippen molar-refractivity contribution in [1.29, 1.82) is 0 Å². The van der Waals surface area contributed by atoms with E-state index in [1.165, 1.54) is 11.3 Å². The van der Waals surface area contributed by atoms with Gasteiger partial charge in [-0.25, -0.2) is 19.7 Å². The average Bonchev–Trinajstić information content (AvgIpc) is 3.29. The van der Waals surface area contributed by atoms with Crippen molar-refractivity contribution in [1.82, 2.24) is 19.9 Å². The minimum Gasteiger partial charge on any atom is -0.442 e. The zero-order valence-corrected chi connectivity index (χ0v) is 18.8. The molecule has 0 radical (unpaired) electrons. The predicted octanol–water partition coefficient (Wildman–Crippen LogP) is 4.65.